The number of fused-ring (bicyclic) bond motifs is 1. The molecular weight excluding hydrogens is 370 g/mol. The lowest BCUT2D eigenvalue weighted by atomic mass is 9.98. The van der Waals surface area contributed by atoms with Crippen molar-refractivity contribution in [2.45, 2.75) is 6.54 Å². The SMILES string of the molecule is COC(=O)c1ncccc1NC(=O)c1ccc(CN(N)/C=C\N)c2ccccc12. The molecule has 8 nitrogen and oxygen atoms in total. The van der Waals surface area contributed by atoms with Crippen molar-refractivity contribution in [1.82, 2.24) is 9.99 Å². The Labute approximate surface area is 167 Å². The Kier molecular flexibility index (Phi) is 6.06. The molecule has 0 fully saturated rings. The number of aromatic nitrogens is 1. The maximum atomic E-state index is 13.0. The van der Waals surface area contributed by atoms with E-state index in [0.29, 0.717) is 12.1 Å². The molecule has 0 unspecified atom stereocenters. The molecule has 3 aromatic rings. The number of anilines is 1. The molecule has 0 aliphatic carbocycles. The highest BCUT2D eigenvalue weighted by Gasteiger charge is 2.18. The quantitative estimate of drug-likeness (QED) is 0.335. The minimum absolute atomic E-state index is 0.0385. The topological polar surface area (TPSA) is 124 Å². The summed E-state index contributed by atoms with van der Waals surface area (Å²) in [6, 6.07) is 14.3. The molecule has 3 rings (SSSR count). The number of hydrazine groups is 1. The van der Waals surface area contributed by atoms with Crippen LogP contribution >= 0.6 is 0 Å². The number of carbonyl (C=O) groups excluding carboxylic acids is 2. The lowest BCUT2D eigenvalue weighted by Crippen LogP contribution is -2.24. The van der Waals surface area contributed by atoms with Crippen molar-refractivity contribution in [1.29, 1.82) is 0 Å². The molecule has 0 atom stereocenters. The summed E-state index contributed by atoms with van der Waals surface area (Å²) in [4.78, 5) is 28.9. The molecule has 1 aromatic heterocycles. The number of benzene rings is 2. The highest BCUT2D eigenvalue weighted by atomic mass is 16.5. The summed E-state index contributed by atoms with van der Waals surface area (Å²) in [5, 5.41) is 5.86. The van der Waals surface area contributed by atoms with E-state index in [4.69, 9.17) is 16.3 Å². The van der Waals surface area contributed by atoms with Crippen molar-refractivity contribution in [2.24, 2.45) is 11.6 Å². The summed E-state index contributed by atoms with van der Waals surface area (Å²) < 4.78 is 4.72. The zero-order chi connectivity index (χ0) is 20.8. The predicted molar refractivity (Wildman–Crippen MR) is 111 cm³/mol. The van der Waals surface area contributed by atoms with Crippen molar-refractivity contribution in [3.8, 4) is 0 Å². The first-order chi connectivity index (χ1) is 14.0. The molecule has 0 bridgehead atoms. The summed E-state index contributed by atoms with van der Waals surface area (Å²) in [6.07, 6.45) is 4.38. The standard InChI is InChI=1S/C21H21N5O3/c1-29-21(28)19-18(7-4-11-24-19)25-20(27)17-9-8-14(13-26(23)12-10-22)15-5-2-3-6-16(15)17/h2-12H,13,22-23H2,1H3,(H,25,27)/b12-10-. The first kappa shape index (κ1) is 19.8. The van der Waals surface area contributed by atoms with Gasteiger partial charge in [-0.25, -0.2) is 15.6 Å². The zero-order valence-corrected chi connectivity index (χ0v) is 15.8. The second-order valence-electron chi connectivity index (χ2n) is 6.18. The van der Waals surface area contributed by atoms with Gasteiger partial charge in [-0.05, 0) is 34.5 Å². The number of nitrogens with zero attached hydrogens (tertiary/aromatic N) is 2. The van der Waals surface area contributed by atoms with E-state index in [9.17, 15) is 9.59 Å². The first-order valence-electron chi connectivity index (χ1n) is 8.80. The van der Waals surface area contributed by atoms with Gasteiger partial charge >= 0.3 is 5.97 Å². The third-order valence-electron chi connectivity index (χ3n) is 4.32. The second-order valence-corrected chi connectivity index (χ2v) is 6.18. The molecule has 5 N–H and O–H groups in total. The highest BCUT2D eigenvalue weighted by molar-refractivity contribution is 6.14. The number of esters is 1. The number of hydrogen-bond donors (Lipinski definition) is 3. The zero-order valence-electron chi connectivity index (χ0n) is 15.8. The van der Waals surface area contributed by atoms with Crippen LogP contribution in [0.5, 0.6) is 0 Å². The van der Waals surface area contributed by atoms with Gasteiger partial charge in [-0.3, -0.25) is 4.79 Å². The molecule has 29 heavy (non-hydrogen) atoms. The molecule has 0 aliphatic heterocycles. The van der Waals surface area contributed by atoms with E-state index in [-0.39, 0.29) is 17.3 Å². The Morgan fingerprint density at radius 3 is 2.62 bits per heavy atom. The Morgan fingerprint density at radius 1 is 1.14 bits per heavy atom. The number of carbonyl (C=O) groups is 2. The molecule has 0 spiro atoms. The van der Waals surface area contributed by atoms with Crippen molar-refractivity contribution in [3.05, 3.63) is 83.9 Å². The van der Waals surface area contributed by atoms with E-state index in [1.165, 1.54) is 24.5 Å². The lowest BCUT2D eigenvalue weighted by molar-refractivity contribution is 0.0595. The van der Waals surface area contributed by atoms with Crippen molar-refractivity contribution in [3.63, 3.8) is 0 Å². The van der Waals surface area contributed by atoms with Crippen molar-refractivity contribution < 1.29 is 14.3 Å². The third kappa shape index (κ3) is 4.33. The van der Waals surface area contributed by atoms with Crippen LogP contribution in [0.1, 0.15) is 26.4 Å². The predicted octanol–water partition coefficient (Wildman–Crippen LogP) is 2.38. The third-order valence-corrected chi connectivity index (χ3v) is 4.32. The number of nitrogens with one attached hydrogen (secondary N) is 1. The fourth-order valence-electron chi connectivity index (χ4n) is 3.01. The van der Waals surface area contributed by atoms with Crippen LogP contribution in [-0.4, -0.2) is 29.0 Å². The van der Waals surface area contributed by atoms with Gasteiger partial charge in [0.05, 0.1) is 19.3 Å². The van der Waals surface area contributed by atoms with Crippen LogP contribution in [0.2, 0.25) is 0 Å². The van der Waals surface area contributed by atoms with Gasteiger partial charge < -0.3 is 20.8 Å². The van der Waals surface area contributed by atoms with Crippen LogP contribution in [-0.2, 0) is 11.3 Å². The average molecular weight is 391 g/mol. The van der Waals surface area contributed by atoms with Crippen LogP contribution < -0.4 is 16.9 Å². The number of ether oxygens (including phenoxy) is 1. The molecule has 0 saturated carbocycles. The molecule has 1 amide bonds. The number of pyridine rings is 1. The number of nitrogens with two attached hydrogens (primary N) is 2. The molecule has 8 heteroatoms. The van der Waals surface area contributed by atoms with Gasteiger partial charge in [-0.2, -0.15) is 0 Å². The van der Waals surface area contributed by atoms with E-state index in [2.05, 4.69) is 10.3 Å². The first-order valence-corrected chi connectivity index (χ1v) is 8.80. The van der Waals surface area contributed by atoms with Crippen LogP contribution in [0.15, 0.2) is 67.1 Å². The second kappa shape index (κ2) is 8.85. The summed E-state index contributed by atoms with van der Waals surface area (Å²) >= 11 is 0. The molecule has 148 valence electrons. The van der Waals surface area contributed by atoms with Gasteiger partial charge in [0.15, 0.2) is 5.69 Å². The van der Waals surface area contributed by atoms with Gasteiger partial charge in [0.2, 0.25) is 0 Å². The number of hydrogen-bond acceptors (Lipinski definition) is 7. The number of amides is 1. The Balaban J connectivity index is 1.97. The van der Waals surface area contributed by atoms with Gasteiger partial charge in [0.1, 0.15) is 0 Å². The van der Waals surface area contributed by atoms with Gasteiger partial charge in [-0.15, -0.1) is 0 Å². The molecule has 0 saturated heterocycles. The van der Waals surface area contributed by atoms with Crippen LogP contribution in [0.25, 0.3) is 10.8 Å². The van der Waals surface area contributed by atoms with E-state index in [1.807, 2.05) is 30.3 Å². The number of methoxy groups -OCH3 is 1. The summed E-state index contributed by atoms with van der Waals surface area (Å²) in [6.45, 7) is 0.422. The van der Waals surface area contributed by atoms with Crippen LogP contribution in [0.3, 0.4) is 0 Å². The van der Waals surface area contributed by atoms with Crippen LogP contribution in [0, 0.1) is 0 Å². The largest absolute Gasteiger partial charge is 0.464 e. The summed E-state index contributed by atoms with van der Waals surface area (Å²) in [5.41, 5.74) is 7.10. The molecule has 2 aromatic carbocycles. The fraction of sp³-hybridized carbons (Fsp3) is 0.0952. The summed E-state index contributed by atoms with van der Waals surface area (Å²) in [7, 11) is 1.26. The van der Waals surface area contributed by atoms with Crippen LogP contribution in [0.4, 0.5) is 5.69 Å². The lowest BCUT2D eigenvalue weighted by Gasteiger charge is -2.16. The van der Waals surface area contributed by atoms with E-state index < -0.39 is 5.97 Å². The Bertz CT molecular complexity index is 1080. The van der Waals surface area contributed by atoms with E-state index in [0.717, 1.165) is 16.3 Å². The van der Waals surface area contributed by atoms with Gasteiger partial charge in [0, 0.05) is 24.2 Å². The minimum Gasteiger partial charge on any atom is -0.464 e. The maximum absolute atomic E-state index is 13.0. The molecular formula is C21H21N5O3. The van der Waals surface area contributed by atoms with Gasteiger partial charge in [0.25, 0.3) is 5.91 Å². The van der Waals surface area contributed by atoms with Crippen molar-refractivity contribution >= 4 is 28.3 Å². The normalized spacial score (nSPS) is 10.8. The minimum atomic E-state index is -0.628. The van der Waals surface area contributed by atoms with Crippen molar-refractivity contribution in [2.75, 3.05) is 12.4 Å². The Hall–Kier alpha value is -3.91. The fourth-order valence-corrected chi connectivity index (χ4v) is 3.01. The van der Waals surface area contributed by atoms with Gasteiger partial charge in [-0.1, -0.05) is 30.3 Å². The molecule has 0 radical (unpaired) electrons. The number of rotatable bonds is 6. The smallest absolute Gasteiger partial charge is 0.358 e. The molecule has 1 heterocycles. The maximum Gasteiger partial charge on any atom is 0.358 e. The van der Waals surface area contributed by atoms with E-state index >= 15 is 0 Å². The monoisotopic (exact) mass is 391 g/mol. The average Bonchev–Trinajstić information content (AvgIpc) is 2.74. The molecule has 0 aliphatic rings. The summed E-state index contributed by atoms with van der Waals surface area (Å²) in [5.74, 6) is 4.91. The Morgan fingerprint density at radius 2 is 1.90 bits per heavy atom. The van der Waals surface area contributed by atoms with E-state index in [1.54, 1.807) is 24.4 Å². The highest BCUT2D eigenvalue weighted by Crippen LogP contribution is 2.25.